The van der Waals surface area contributed by atoms with Crippen molar-refractivity contribution in [3.8, 4) is 0 Å². The summed E-state index contributed by atoms with van der Waals surface area (Å²) in [7, 11) is 0. The van der Waals surface area contributed by atoms with E-state index in [1.807, 2.05) is 66.9 Å². The number of anilines is 1. The molecule has 4 aromatic rings. The lowest BCUT2D eigenvalue weighted by Gasteiger charge is -2.20. The van der Waals surface area contributed by atoms with Crippen LogP contribution in [-0.2, 0) is 6.54 Å². The summed E-state index contributed by atoms with van der Waals surface area (Å²) in [5.41, 5.74) is 3.86. The van der Waals surface area contributed by atoms with Crippen molar-refractivity contribution in [3.05, 3.63) is 89.5 Å². The molecule has 0 saturated heterocycles. The van der Waals surface area contributed by atoms with Crippen molar-refractivity contribution in [1.29, 1.82) is 0 Å². The first-order chi connectivity index (χ1) is 13.6. The average molecular weight is 405 g/mol. The first kappa shape index (κ1) is 18.7. The Morgan fingerprint density at radius 1 is 1.04 bits per heavy atom. The number of carbonyl (C=O) groups is 1. The van der Waals surface area contributed by atoms with Crippen molar-refractivity contribution < 1.29 is 4.79 Å². The number of hydrogen-bond donors (Lipinski definition) is 0. The molecule has 0 spiro atoms. The Balaban J connectivity index is 1.74. The van der Waals surface area contributed by atoms with Crippen LogP contribution in [0.3, 0.4) is 0 Å². The van der Waals surface area contributed by atoms with E-state index in [0.29, 0.717) is 12.1 Å². The van der Waals surface area contributed by atoms with Gasteiger partial charge in [0.05, 0.1) is 16.8 Å². The Morgan fingerprint density at radius 2 is 1.79 bits per heavy atom. The highest BCUT2D eigenvalue weighted by Gasteiger charge is 2.21. The molecule has 0 bridgehead atoms. The molecule has 0 N–H and O–H groups in total. The minimum Gasteiger partial charge on any atom is -0.279 e. The molecule has 0 radical (unpaired) electrons. The first-order valence-corrected chi connectivity index (χ1v) is 11.1. The van der Waals surface area contributed by atoms with Crippen molar-refractivity contribution >= 4 is 44.4 Å². The molecule has 0 saturated carbocycles. The zero-order valence-corrected chi connectivity index (χ0v) is 17.4. The fourth-order valence-corrected chi connectivity index (χ4v) is 4.49. The van der Waals surface area contributed by atoms with Gasteiger partial charge < -0.3 is 0 Å². The molecule has 140 valence electrons. The van der Waals surface area contributed by atoms with Gasteiger partial charge in [0, 0.05) is 10.5 Å². The van der Waals surface area contributed by atoms with E-state index in [1.165, 1.54) is 5.56 Å². The standard InChI is InChI=1S/C23H20N2OS2/c1-16-8-13-20-21(14-16)28-23(24-20)25(15-17-6-4-3-5-7-17)22(26)18-9-11-19(27-2)12-10-18/h3-14H,15H2,1-2H3. The number of aryl methyl sites for hydroxylation is 1. The van der Waals surface area contributed by atoms with Gasteiger partial charge in [-0.25, -0.2) is 4.98 Å². The summed E-state index contributed by atoms with van der Waals surface area (Å²) in [6.07, 6.45) is 2.03. The van der Waals surface area contributed by atoms with Crippen LogP contribution < -0.4 is 4.90 Å². The number of amides is 1. The molecular weight excluding hydrogens is 384 g/mol. The largest absolute Gasteiger partial charge is 0.279 e. The van der Waals surface area contributed by atoms with Crippen LogP contribution in [0.15, 0.2) is 77.7 Å². The van der Waals surface area contributed by atoms with Gasteiger partial charge in [-0.2, -0.15) is 0 Å². The zero-order valence-electron chi connectivity index (χ0n) is 15.8. The van der Waals surface area contributed by atoms with Gasteiger partial charge in [-0.1, -0.05) is 47.7 Å². The molecule has 0 aliphatic heterocycles. The summed E-state index contributed by atoms with van der Waals surface area (Å²) in [4.78, 5) is 21.1. The number of thiazole rings is 1. The van der Waals surface area contributed by atoms with Gasteiger partial charge >= 0.3 is 0 Å². The quantitative estimate of drug-likeness (QED) is 0.373. The predicted molar refractivity (Wildman–Crippen MR) is 120 cm³/mol. The van der Waals surface area contributed by atoms with Gasteiger partial charge in [0.2, 0.25) is 0 Å². The third kappa shape index (κ3) is 3.96. The van der Waals surface area contributed by atoms with Gasteiger partial charge in [0.25, 0.3) is 5.91 Å². The maximum Gasteiger partial charge on any atom is 0.260 e. The maximum absolute atomic E-state index is 13.4. The lowest BCUT2D eigenvalue weighted by Crippen LogP contribution is -2.30. The minimum atomic E-state index is -0.0349. The molecule has 5 heteroatoms. The second kappa shape index (κ2) is 8.17. The second-order valence-electron chi connectivity index (χ2n) is 6.57. The van der Waals surface area contributed by atoms with Crippen LogP contribution in [0.5, 0.6) is 0 Å². The second-order valence-corrected chi connectivity index (χ2v) is 8.46. The molecule has 1 heterocycles. The third-order valence-electron chi connectivity index (χ3n) is 4.53. The maximum atomic E-state index is 13.4. The number of aromatic nitrogens is 1. The van der Waals surface area contributed by atoms with Crippen molar-refractivity contribution in [3.63, 3.8) is 0 Å². The number of thioether (sulfide) groups is 1. The molecule has 28 heavy (non-hydrogen) atoms. The predicted octanol–water partition coefficient (Wildman–Crippen LogP) is 6.17. The van der Waals surface area contributed by atoms with Gasteiger partial charge in [-0.05, 0) is 60.7 Å². The highest BCUT2D eigenvalue weighted by Crippen LogP contribution is 2.31. The monoisotopic (exact) mass is 404 g/mol. The number of benzene rings is 3. The Hall–Kier alpha value is -2.63. The number of nitrogens with zero attached hydrogens (tertiary/aromatic N) is 2. The van der Waals surface area contributed by atoms with E-state index in [4.69, 9.17) is 4.98 Å². The van der Waals surface area contributed by atoms with E-state index in [-0.39, 0.29) is 5.91 Å². The third-order valence-corrected chi connectivity index (χ3v) is 6.31. The molecule has 0 aliphatic carbocycles. The number of hydrogen-bond acceptors (Lipinski definition) is 4. The minimum absolute atomic E-state index is 0.0349. The van der Waals surface area contributed by atoms with E-state index in [1.54, 1.807) is 28.0 Å². The normalized spacial score (nSPS) is 10.9. The highest BCUT2D eigenvalue weighted by molar-refractivity contribution is 7.98. The van der Waals surface area contributed by atoms with E-state index >= 15 is 0 Å². The Labute approximate surface area is 173 Å². The van der Waals surface area contributed by atoms with E-state index < -0.39 is 0 Å². The van der Waals surface area contributed by atoms with Crippen molar-refractivity contribution in [2.45, 2.75) is 18.4 Å². The van der Waals surface area contributed by atoms with Gasteiger partial charge in [-0.15, -0.1) is 11.8 Å². The van der Waals surface area contributed by atoms with Crippen molar-refractivity contribution in [2.24, 2.45) is 0 Å². The molecule has 3 aromatic carbocycles. The number of rotatable bonds is 5. The molecule has 0 fully saturated rings. The Morgan fingerprint density at radius 3 is 2.50 bits per heavy atom. The van der Waals surface area contributed by atoms with Gasteiger partial charge in [0.1, 0.15) is 0 Å². The zero-order chi connectivity index (χ0) is 19.5. The molecule has 0 unspecified atom stereocenters. The molecule has 4 rings (SSSR count). The number of carbonyl (C=O) groups excluding carboxylic acids is 1. The fourth-order valence-electron chi connectivity index (χ4n) is 3.02. The molecule has 1 amide bonds. The van der Waals surface area contributed by atoms with E-state index in [2.05, 4.69) is 19.1 Å². The van der Waals surface area contributed by atoms with E-state index in [9.17, 15) is 4.79 Å². The van der Waals surface area contributed by atoms with Gasteiger partial charge in [-0.3, -0.25) is 9.69 Å². The Bertz CT molecular complexity index is 1100. The highest BCUT2D eigenvalue weighted by atomic mass is 32.2. The van der Waals surface area contributed by atoms with Crippen LogP contribution in [0, 0.1) is 6.92 Å². The molecule has 0 atom stereocenters. The summed E-state index contributed by atoms with van der Waals surface area (Å²) in [6.45, 7) is 2.56. The number of fused-ring (bicyclic) bond motifs is 1. The van der Waals surface area contributed by atoms with E-state index in [0.717, 1.165) is 25.8 Å². The summed E-state index contributed by atoms with van der Waals surface area (Å²) in [6, 6.07) is 24.0. The average Bonchev–Trinajstić information content (AvgIpc) is 3.15. The van der Waals surface area contributed by atoms with Crippen LogP contribution in [0.25, 0.3) is 10.2 Å². The fraction of sp³-hybridized carbons (Fsp3) is 0.130. The van der Waals surface area contributed by atoms with Crippen LogP contribution in [0.1, 0.15) is 21.5 Å². The Kier molecular flexibility index (Phi) is 5.46. The van der Waals surface area contributed by atoms with Gasteiger partial charge in [0.15, 0.2) is 5.13 Å². The summed E-state index contributed by atoms with van der Waals surface area (Å²) >= 11 is 3.23. The lowest BCUT2D eigenvalue weighted by atomic mass is 10.1. The van der Waals surface area contributed by atoms with Crippen LogP contribution in [0.2, 0.25) is 0 Å². The SMILES string of the molecule is CSc1ccc(C(=O)N(Cc2ccccc2)c2nc3ccc(C)cc3s2)cc1. The molecular formula is C23H20N2OS2. The summed E-state index contributed by atoms with van der Waals surface area (Å²) in [5, 5.41) is 0.725. The molecule has 0 aliphatic rings. The van der Waals surface area contributed by atoms with Crippen LogP contribution in [-0.4, -0.2) is 17.1 Å². The van der Waals surface area contributed by atoms with Crippen molar-refractivity contribution in [1.82, 2.24) is 4.98 Å². The molecule has 3 nitrogen and oxygen atoms in total. The summed E-state index contributed by atoms with van der Waals surface area (Å²) < 4.78 is 1.10. The smallest absolute Gasteiger partial charge is 0.260 e. The first-order valence-electron chi connectivity index (χ1n) is 9.01. The van der Waals surface area contributed by atoms with Crippen LogP contribution in [0.4, 0.5) is 5.13 Å². The topological polar surface area (TPSA) is 33.2 Å². The van der Waals surface area contributed by atoms with Crippen LogP contribution >= 0.6 is 23.1 Å². The summed E-state index contributed by atoms with van der Waals surface area (Å²) in [5.74, 6) is -0.0349. The van der Waals surface area contributed by atoms with Crippen molar-refractivity contribution in [2.75, 3.05) is 11.2 Å². The molecule has 1 aromatic heterocycles. The lowest BCUT2D eigenvalue weighted by molar-refractivity contribution is 0.0985.